The van der Waals surface area contributed by atoms with Gasteiger partial charge in [-0.3, -0.25) is 29.2 Å². The Kier molecular flexibility index (Phi) is 25.4. The van der Waals surface area contributed by atoms with Gasteiger partial charge in [-0.15, -0.1) is 0 Å². The molecule has 4 aliphatic heterocycles. The molecular weight excluding hydrogens is 1190 g/mol. The molecule has 79 heavy (non-hydrogen) atoms. The van der Waals surface area contributed by atoms with Crippen LogP contribution < -0.4 is 25.8 Å². The van der Waals surface area contributed by atoms with Gasteiger partial charge in [0.2, 0.25) is 23.0 Å². The number of aromatic nitrogens is 8. The highest BCUT2D eigenvalue weighted by atomic mass is 127. The Morgan fingerprint density at radius 1 is 0.747 bits per heavy atom. The molecule has 4 N–H and O–H groups in total. The molecule has 28 nitrogen and oxygen atoms in total. The van der Waals surface area contributed by atoms with E-state index in [9.17, 15) is 27.6 Å². The van der Waals surface area contributed by atoms with Crippen LogP contribution >= 0.6 is 32.8 Å². The molecule has 0 aliphatic carbocycles. The van der Waals surface area contributed by atoms with Crippen LogP contribution in [0.3, 0.4) is 0 Å². The number of piperazine rings is 2. The second kappa shape index (κ2) is 31.5. The van der Waals surface area contributed by atoms with Gasteiger partial charge >= 0.3 is 19.5 Å². The molecule has 4 saturated heterocycles. The first-order chi connectivity index (χ1) is 37.7. The number of nitrogens with zero attached hydrogens (tertiary/aromatic N) is 13. The zero-order valence-electron chi connectivity index (χ0n) is 44.6. The lowest BCUT2D eigenvalue weighted by Gasteiger charge is -2.33. The van der Waals surface area contributed by atoms with Gasteiger partial charge in [0, 0.05) is 101 Å². The van der Waals surface area contributed by atoms with Crippen molar-refractivity contribution in [1.29, 1.82) is 0 Å². The highest BCUT2D eigenvalue weighted by molar-refractivity contribution is 14.2. The first kappa shape index (κ1) is 63.6. The van der Waals surface area contributed by atoms with Gasteiger partial charge in [0.25, 0.3) is 0 Å². The molecule has 4 aromatic heterocycles. The molecule has 4 atom stereocenters. The topological polar surface area (TPSA) is 324 Å². The number of nitrogens with one attached hydrogen (secondary N) is 3. The average Bonchev–Trinajstić information content (AvgIpc) is 4.08. The van der Waals surface area contributed by atoms with Crippen molar-refractivity contribution in [3.63, 3.8) is 0 Å². The Bertz CT molecular complexity index is 2750. The summed E-state index contributed by atoms with van der Waals surface area (Å²) < 4.78 is 33.5. The van der Waals surface area contributed by atoms with Gasteiger partial charge < -0.3 is 30.3 Å². The maximum Gasteiger partial charge on any atom is 0.415 e. The Labute approximate surface area is 475 Å². The molecule has 4 aliphatic rings. The van der Waals surface area contributed by atoms with Gasteiger partial charge in [-0.2, -0.15) is 18.4 Å². The summed E-state index contributed by atoms with van der Waals surface area (Å²) >= 11 is 5.64. The number of rotatable bonds is 19. The zero-order valence-corrected chi connectivity index (χ0v) is 48.3. The first-order valence-electron chi connectivity index (χ1n) is 24.9. The van der Waals surface area contributed by atoms with E-state index in [-0.39, 0.29) is 54.1 Å². The molecule has 0 bridgehead atoms. The van der Waals surface area contributed by atoms with E-state index in [0.29, 0.717) is 56.4 Å². The Morgan fingerprint density at radius 3 is 1.52 bits per heavy atom. The van der Waals surface area contributed by atoms with Crippen molar-refractivity contribution in [3.05, 3.63) is 97.4 Å². The van der Waals surface area contributed by atoms with Crippen molar-refractivity contribution in [1.82, 2.24) is 59.9 Å². The van der Waals surface area contributed by atoms with E-state index in [0.717, 1.165) is 95.9 Å². The lowest BCUT2D eigenvalue weighted by molar-refractivity contribution is -0.593. The minimum absolute atomic E-state index is 0.0265. The third-order valence-electron chi connectivity index (χ3n) is 12.4. The fourth-order valence-corrected chi connectivity index (χ4v) is 8.22. The van der Waals surface area contributed by atoms with Gasteiger partial charge in [0.15, 0.2) is 0 Å². The second-order valence-electron chi connectivity index (χ2n) is 18.5. The van der Waals surface area contributed by atoms with Crippen LogP contribution in [0.1, 0.15) is 76.4 Å². The summed E-state index contributed by atoms with van der Waals surface area (Å²) in [5.74, 6) is 3.92. The number of carbonyl (C=O) groups is 4. The molecule has 8 heterocycles. The van der Waals surface area contributed by atoms with Crippen LogP contribution in [-0.4, -0.2) is 169 Å². The van der Waals surface area contributed by atoms with Crippen LogP contribution in [0, 0.1) is 11.8 Å². The Balaban J connectivity index is 0.000000239. The standard InChI is InChI=1S/C24H32N8O3.C21H30N8O2.C3H3ClO.HIO6S/c1-5-22(33)31-10-8-30(9-11-31)14-20-26-12-18(13-27-20)17(4)28-23-25-7-6-21(29-23)32-19(16(2)3)15-35-24(32)34;1-14(2)17-13-31-21(30)29(17)19-4-5-23-20(27-19)26-15(3)16-10-24-18(25-11-16)12-28-8-6-22-7-9-28;1-2-3(4)5;1-8(3,4)7-6-5-2/h5-7,12-13,16-17,19H,1,8-11,14-15H2,2-4H3,(H,25,28,29);4-5,10-11,14-15,17,22H,6-9,12-13H2,1-3H3,(H,23,26,27);2H,1H2;2H/t17?,19-;15?,17-;;/m11../s1. The van der Waals surface area contributed by atoms with E-state index < -0.39 is 12.5 Å². The number of halogens is 2. The van der Waals surface area contributed by atoms with Crippen LogP contribution in [0.2, 0.25) is 0 Å². The number of cyclic esters (lactones) is 2. The van der Waals surface area contributed by atoms with Crippen LogP contribution in [0.4, 0.5) is 33.1 Å². The van der Waals surface area contributed by atoms with Crippen molar-refractivity contribution >= 4 is 87.0 Å². The predicted octanol–water partition coefficient (Wildman–Crippen LogP) is 5.03. The number of anilines is 4. The molecular formula is C48H66ClIN16O12S. The third kappa shape index (κ3) is 20.4. The summed E-state index contributed by atoms with van der Waals surface area (Å²) in [7, 11) is -3.72. The third-order valence-corrected chi connectivity index (χ3v) is 13.2. The number of carbonyl (C=O) groups excluding carboxylic acids is 4. The molecule has 2 unspecified atom stereocenters. The lowest BCUT2D eigenvalue weighted by atomic mass is 10.0. The van der Waals surface area contributed by atoms with Crippen molar-refractivity contribution in [3.8, 4) is 0 Å². The fraction of sp³-hybridized carbons (Fsp3) is 0.500. The van der Waals surface area contributed by atoms with Crippen LogP contribution in [0.5, 0.6) is 0 Å². The van der Waals surface area contributed by atoms with Gasteiger partial charge in [-0.05, 0) is 71.6 Å². The molecule has 8 rings (SSSR count). The normalized spacial score (nSPS) is 18.4. The number of hydrogen-bond acceptors (Lipinski definition) is 25. The first-order valence-corrected chi connectivity index (χ1v) is 29.2. The quantitative estimate of drug-likeness (QED) is 0.0314. The van der Waals surface area contributed by atoms with Crippen molar-refractivity contribution < 1.29 is 56.7 Å². The number of hydrogen-bond donors (Lipinski definition) is 4. The van der Waals surface area contributed by atoms with Crippen LogP contribution in [-0.2, 0) is 53.9 Å². The molecule has 0 radical (unpaired) electrons. The maximum absolute atomic E-state index is 12.3. The van der Waals surface area contributed by atoms with E-state index in [1.54, 1.807) is 51.6 Å². The number of allylic oxidation sites excluding steroid dienone is 1. The molecule has 0 saturated carbocycles. The maximum atomic E-state index is 12.3. The molecule has 4 aromatic rings. The largest absolute Gasteiger partial charge is 0.447 e. The highest BCUT2D eigenvalue weighted by Crippen LogP contribution is 2.28. The minimum Gasteiger partial charge on any atom is -0.447 e. The average molecular weight is 1250 g/mol. The monoisotopic (exact) mass is 1250 g/mol. The Morgan fingerprint density at radius 2 is 1.16 bits per heavy atom. The van der Waals surface area contributed by atoms with Gasteiger partial charge in [0.1, 0.15) is 57.7 Å². The summed E-state index contributed by atoms with van der Waals surface area (Å²) in [6.45, 7) is 27.9. The lowest BCUT2D eigenvalue weighted by Crippen LogP contribution is -2.47. The Hall–Kier alpha value is -6.23. The molecule has 0 aromatic carbocycles. The van der Waals surface area contributed by atoms with Crippen molar-refractivity contribution in [2.45, 2.75) is 78.8 Å². The summed E-state index contributed by atoms with van der Waals surface area (Å²) in [5.41, 5.74) is 1.84. The summed E-state index contributed by atoms with van der Waals surface area (Å²) in [4.78, 5) is 91.1. The van der Waals surface area contributed by atoms with Crippen molar-refractivity contribution in [2.75, 3.05) is 86.0 Å². The number of amides is 3. The van der Waals surface area contributed by atoms with E-state index in [2.05, 4.69) is 121 Å². The van der Waals surface area contributed by atoms with E-state index in [4.69, 9.17) is 26.3 Å². The highest BCUT2D eigenvalue weighted by Gasteiger charge is 2.38. The molecule has 3 amide bonds. The molecule has 430 valence electrons. The zero-order chi connectivity index (χ0) is 57.6. The smallest absolute Gasteiger partial charge is 0.415 e. The molecule has 4 fully saturated rings. The summed E-state index contributed by atoms with van der Waals surface area (Å²) in [6, 6.07) is 3.11. The van der Waals surface area contributed by atoms with E-state index in [1.165, 1.54) is 6.08 Å². The van der Waals surface area contributed by atoms with Gasteiger partial charge in [-0.25, -0.2) is 44.8 Å². The predicted molar refractivity (Wildman–Crippen MR) is 297 cm³/mol. The molecule has 0 spiro atoms. The van der Waals surface area contributed by atoms with Crippen molar-refractivity contribution in [2.24, 2.45) is 11.8 Å². The summed E-state index contributed by atoms with van der Waals surface area (Å²) in [5, 5.41) is 22.7. The van der Waals surface area contributed by atoms with Gasteiger partial charge in [-0.1, -0.05) is 45.2 Å². The van der Waals surface area contributed by atoms with Crippen LogP contribution in [0.15, 0.2) is 74.6 Å². The minimum atomic E-state index is -3.72. The van der Waals surface area contributed by atoms with Gasteiger partial charge in [0.05, 0.1) is 37.3 Å². The molecule has 31 heteroatoms. The van der Waals surface area contributed by atoms with Crippen LogP contribution in [0.25, 0.3) is 0 Å². The SMILES string of the molecule is C=CC(=O)Cl.C=CC(=O)N1CCN(Cc2ncc(C(C)Nc3nccc(N4C(=O)OC[C@@H]4C(C)C)n3)cn2)CC1.CC(Nc1nccc(N2C(=O)OC[C@@H]2C(C)C)n1)c1cnc(CN2CCNCC2)nc1.O=S(=O)(I)OOOO. The second-order valence-corrected chi connectivity index (χ2v) is 23.1. The fourth-order valence-electron chi connectivity index (χ4n) is 7.95. The summed E-state index contributed by atoms with van der Waals surface area (Å²) in [6.07, 6.45) is 12.2. The van der Waals surface area contributed by atoms with E-state index >= 15 is 0 Å². The number of ether oxygens (including phenoxy) is 2. The van der Waals surface area contributed by atoms with E-state index in [1.807, 2.05) is 26.2 Å².